The smallest absolute Gasteiger partial charge is 0.329 e. The van der Waals surface area contributed by atoms with E-state index in [1.165, 1.54) is 9.13 Å². The molecule has 1 aromatic carbocycles. The molecule has 2 aliphatic rings. The molecule has 10 heteroatoms. The van der Waals surface area contributed by atoms with Crippen LogP contribution in [-0.4, -0.2) is 55.9 Å². The van der Waals surface area contributed by atoms with E-state index in [9.17, 15) is 24.0 Å². The van der Waals surface area contributed by atoms with Crippen molar-refractivity contribution < 1.29 is 24.3 Å². The van der Waals surface area contributed by atoms with Crippen molar-refractivity contribution in [3.8, 4) is 0 Å². The van der Waals surface area contributed by atoms with Gasteiger partial charge in [-0.25, -0.2) is 4.79 Å². The van der Waals surface area contributed by atoms with Crippen LogP contribution < -0.4 is 11.0 Å². The minimum Gasteiger partial charge on any atom is -0.481 e. The number of aromatic nitrogens is 2. The van der Waals surface area contributed by atoms with E-state index in [2.05, 4.69) is 5.32 Å². The Hall–Kier alpha value is -3.43. The molecule has 0 radical (unpaired) electrons. The summed E-state index contributed by atoms with van der Waals surface area (Å²) in [5, 5.41) is 11.4. The zero-order valence-electron chi connectivity index (χ0n) is 16.5. The Kier molecular flexibility index (Phi) is 4.92. The van der Waals surface area contributed by atoms with Crippen molar-refractivity contribution in [2.75, 3.05) is 13.1 Å². The molecule has 1 unspecified atom stereocenters. The van der Waals surface area contributed by atoms with Crippen LogP contribution in [-0.2, 0) is 21.4 Å². The number of rotatable bonds is 3. The molecule has 0 saturated carbocycles. The highest BCUT2D eigenvalue weighted by atomic mass is 16.4. The lowest BCUT2D eigenvalue weighted by molar-refractivity contribution is -0.143. The number of carbonyl (C=O) groups is 4. The number of hydrogen-bond acceptors (Lipinski definition) is 5. The van der Waals surface area contributed by atoms with Gasteiger partial charge in [0.05, 0.1) is 17.0 Å². The van der Waals surface area contributed by atoms with Gasteiger partial charge in [-0.3, -0.25) is 33.6 Å². The van der Waals surface area contributed by atoms with Crippen LogP contribution in [0.1, 0.15) is 42.1 Å². The molecular formula is C20H22N4O6. The molecular weight excluding hydrogens is 392 g/mol. The Morgan fingerprint density at radius 3 is 2.40 bits per heavy atom. The van der Waals surface area contributed by atoms with Crippen LogP contribution in [0.3, 0.4) is 0 Å². The topological polar surface area (TPSA) is 131 Å². The van der Waals surface area contributed by atoms with Crippen molar-refractivity contribution in [1.29, 1.82) is 0 Å². The molecule has 2 saturated heterocycles. The van der Waals surface area contributed by atoms with Crippen molar-refractivity contribution in [3.05, 3.63) is 34.2 Å². The minimum absolute atomic E-state index is 0.155. The van der Waals surface area contributed by atoms with Gasteiger partial charge in [-0.05, 0) is 37.5 Å². The summed E-state index contributed by atoms with van der Waals surface area (Å²) in [5.41, 5.74) is 1.02. The fourth-order valence-corrected chi connectivity index (χ4v) is 4.24. The Morgan fingerprint density at radius 2 is 1.77 bits per heavy atom. The van der Waals surface area contributed by atoms with Gasteiger partial charge in [-0.1, -0.05) is 0 Å². The first kappa shape index (κ1) is 19.9. The molecule has 0 spiro atoms. The molecule has 1 atom stereocenters. The Balaban J connectivity index is 1.64. The molecule has 158 valence electrons. The zero-order chi connectivity index (χ0) is 21.6. The third-order valence-corrected chi connectivity index (χ3v) is 5.99. The van der Waals surface area contributed by atoms with Gasteiger partial charge in [-0.2, -0.15) is 0 Å². The Morgan fingerprint density at radius 1 is 1.07 bits per heavy atom. The maximum absolute atomic E-state index is 12.9. The average molecular weight is 414 g/mol. The molecule has 2 N–H and O–H groups in total. The summed E-state index contributed by atoms with van der Waals surface area (Å²) in [4.78, 5) is 62.1. The van der Waals surface area contributed by atoms with Gasteiger partial charge in [0.25, 0.3) is 5.91 Å². The molecule has 10 nitrogen and oxygen atoms in total. The van der Waals surface area contributed by atoms with Crippen LogP contribution in [0.25, 0.3) is 11.0 Å². The SMILES string of the molecule is Cn1c(=O)n(C2CCC(=O)NC2=O)c2ccc(C(=O)N3CCC(C(=O)O)CC3)cc21. The highest BCUT2D eigenvalue weighted by molar-refractivity contribution is 6.01. The van der Waals surface area contributed by atoms with Gasteiger partial charge in [0.1, 0.15) is 6.04 Å². The largest absolute Gasteiger partial charge is 0.481 e. The van der Waals surface area contributed by atoms with Gasteiger partial charge < -0.3 is 10.0 Å². The number of carboxylic acids is 1. The zero-order valence-corrected chi connectivity index (χ0v) is 16.5. The lowest BCUT2D eigenvalue weighted by Gasteiger charge is -2.30. The standard InChI is InChI=1S/C20H22N4O6/c1-22-15-10-12(18(27)23-8-6-11(7-9-23)19(28)29)2-3-13(15)24(20(22)30)14-4-5-16(25)21-17(14)26/h2-3,10-11,14H,4-9H2,1H3,(H,28,29)(H,21,25,26). The number of nitrogens with zero attached hydrogens (tertiary/aromatic N) is 3. The van der Waals surface area contributed by atoms with Crippen molar-refractivity contribution in [3.63, 3.8) is 0 Å². The fraction of sp³-hybridized carbons (Fsp3) is 0.450. The van der Waals surface area contributed by atoms with Crippen molar-refractivity contribution >= 4 is 34.7 Å². The van der Waals surface area contributed by atoms with E-state index < -0.39 is 29.5 Å². The number of likely N-dealkylation sites (tertiary alicyclic amines) is 1. The number of benzene rings is 1. The van der Waals surface area contributed by atoms with Crippen LogP contribution in [0.15, 0.2) is 23.0 Å². The van der Waals surface area contributed by atoms with Crippen LogP contribution in [0.5, 0.6) is 0 Å². The van der Waals surface area contributed by atoms with Gasteiger partial charge in [0.15, 0.2) is 0 Å². The highest BCUT2D eigenvalue weighted by Crippen LogP contribution is 2.25. The van der Waals surface area contributed by atoms with E-state index in [-0.39, 0.29) is 24.7 Å². The number of aliphatic carboxylic acids is 1. The molecule has 0 aliphatic carbocycles. The molecule has 2 fully saturated rings. The normalized spacial score (nSPS) is 20.4. The monoisotopic (exact) mass is 414 g/mol. The summed E-state index contributed by atoms with van der Waals surface area (Å²) in [6.07, 6.45) is 1.21. The number of carboxylic acid groups (broad SMARTS) is 1. The third-order valence-electron chi connectivity index (χ3n) is 5.99. The third kappa shape index (κ3) is 3.27. The maximum Gasteiger partial charge on any atom is 0.329 e. The van der Waals surface area contributed by atoms with E-state index in [0.717, 1.165) is 0 Å². The minimum atomic E-state index is -0.840. The number of nitrogens with one attached hydrogen (secondary N) is 1. The molecule has 0 bridgehead atoms. The van der Waals surface area contributed by atoms with Crippen LogP contribution >= 0.6 is 0 Å². The second-order valence-corrected chi connectivity index (χ2v) is 7.79. The second-order valence-electron chi connectivity index (χ2n) is 7.79. The molecule has 30 heavy (non-hydrogen) atoms. The predicted molar refractivity (Wildman–Crippen MR) is 105 cm³/mol. The van der Waals surface area contributed by atoms with Crippen LogP contribution in [0, 0.1) is 5.92 Å². The van der Waals surface area contributed by atoms with Crippen molar-refractivity contribution in [1.82, 2.24) is 19.4 Å². The van der Waals surface area contributed by atoms with Gasteiger partial charge >= 0.3 is 11.7 Å². The van der Waals surface area contributed by atoms with Gasteiger partial charge in [0, 0.05) is 32.1 Å². The van der Waals surface area contributed by atoms with E-state index in [1.54, 1.807) is 30.1 Å². The van der Waals surface area contributed by atoms with Crippen LogP contribution in [0.4, 0.5) is 0 Å². The Bertz CT molecular complexity index is 1120. The lowest BCUT2D eigenvalue weighted by atomic mass is 9.96. The fourth-order valence-electron chi connectivity index (χ4n) is 4.24. The number of carbonyl (C=O) groups excluding carboxylic acids is 3. The summed E-state index contributed by atoms with van der Waals surface area (Å²) < 4.78 is 2.75. The number of amides is 3. The summed E-state index contributed by atoms with van der Waals surface area (Å²) in [5.74, 6) is -2.36. The van der Waals surface area contributed by atoms with Gasteiger partial charge in [-0.15, -0.1) is 0 Å². The van der Waals surface area contributed by atoms with E-state index in [0.29, 0.717) is 42.5 Å². The number of imidazole rings is 1. The highest BCUT2D eigenvalue weighted by Gasteiger charge is 2.32. The summed E-state index contributed by atoms with van der Waals surface area (Å²) >= 11 is 0. The first-order valence-electron chi connectivity index (χ1n) is 9.84. The number of hydrogen-bond donors (Lipinski definition) is 2. The summed E-state index contributed by atoms with van der Waals surface area (Å²) in [6, 6.07) is 4.08. The van der Waals surface area contributed by atoms with E-state index in [4.69, 9.17) is 5.11 Å². The van der Waals surface area contributed by atoms with Crippen molar-refractivity contribution in [2.24, 2.45) is 13.0 Å². The summed E-state index contributed by atoms with van der Waals surface area (Å²) in [7, 11) is 1.57. The van der Waals surface area contributed by atoms with E-state index in [1.807, 2.05) is 0 Å². The van der Waals surface area contributed by atoms with Crippen molar-refractivity contribution in [2.45, 2.75) is 31.7 Å². The quantitative estimate of drug-likeness (QED) is 0.693. The van der Waals surface area contributed by atoms with Crippen LogP contribution in [0.2, 0.25) is 0 Å². The van der Waals surface area contributed by atoms with Gasteiger partial charge in [0.2, 0.25) is 11.8 Å². The number of imide groups is 1. The molecule has 3 amide bonds. The Labute approximate surface area is 171 Å². The molecule has 4 rings (SSSR count). The molecule has 2 aromatic rings. The van der Waals surface area contributed by atoms with E-state index >= 15 is 0 Å². The molecule has 3 heterocycles. The maximum atomic E-state index is 12.9. The number of fused-ring (bicyclic) bond motifs is 1. The summed E-state index contributed by atoms with van der Waals surface area (Å²) in [6.45, 7) is 0.730. The number of piperidine rings is 2. The molecule has 2 aliphatic heterocycles. The number of aryl methyl sites for hydroxylation is 1. The average Bonchev–Trinajstić information content (AvgIpc) is 2.98. The first-order valence-corrected chi connectivity index (χ1v) is 9.84. The predicted octanol–water partition coefficient (Wildman–Crippen LogP) is 0.255. The molecule has 1 aromatic heterocycles. The first-order chi connectivity index (χ1) is 14.3. The second kappa shape index (κ2) is 7.43. The lowest BCUT2D eigenvalue weighted by Crippen LogP contribution is -2.44.